The van der Waals surface area contributed by atoms with Crippen LogP contribution in [-0.4, -0.2) is 40.1 Å². The Kier molecular flexibility index (Phi) is 7.43. The lowest BCUT2D eigenvalue weighted by Gasteiger charge is -2.10. The summed E-state index contributed by atoms with van der Waals surface area (Å²) in [6.07, 6.45) is 0.687. The average Bonchev–Trinajstić information content (AvgIpc) is 3.06. The summed E-state index contributed by atoms with van der Waals surface area (Å²) in [7, 11) is 1.67. The number of benzene rings is 2. The molecule has 1 heterocycles. The van der Waals surface area contributed by atoms with E-state index in [2.05, 4.69) is 33.7 Å². The molecule has 0 aliphatic rings. The fourth-order valence-corrected chi connectivity index (χ4v) is 3.90. The Hall–Kier alpha value is -2.64. The number of ether oxygens (including phenoxy) is 1. The summed E-state index contributed by atoms with van der Waals surface area (Å²) in [5.41, 5.74) is 4.23. The number of nitrogens with zero attached hydrogens (tertiary/aromatic N) is 3. The van der Waals surface area contributed by atoms with E-state index in [4.69, 9.17) is 4.74 Å². The number of amides is 1. The van der Waals surface area contributed by atoms with Gasteiger partial charge in [-0.15, -0.1) is 10.2 Å². The minimum Gasteiger partial charge on any atom is -0.383 e. The molecule has 0 atom stereocenters. The van der Waals surface area contributed by atoms with Crippen LogP contribution in [0.15, 0.2) is 53.7 Å². The molecular weight excluding hydrogens is 384 g/mol. The third kappa shape index (κ3) is 6.17. The number of methoxy groups -OCH3 is 1. The summed E-state index contributed by atoms with van der Waals surface area (Å²) >= 11 is 1.39. The first kappa shape index (κ1) is 21.1. The van der Waals surface area contributed by atoms with E-state index in [1.165, 1.54) is 17.3 Å². The number of hydrogen-bond acceptors (Lipinski definition) is 5. The van der Waals surface area contributed by atoms with Crippen molar-refractivity contribution in [2.24, 2.45) is 0 Å². The fourth-order valence-electron chi connectivity index (χ4n) is 3.12. The molecule has 3 aromatic rings. The van der Waals surface area contributed by atoms with Crippen LogP contribution in [0.4, 0.5) is 5.69 Å². The van der Waals surface area contributed by atoms with E-state index in [-0.39, 0.29) is 11.7 Å². The molecule has 0 aliphatic heterocycles. The summed E-state index contributed by atoms with van der Waals surface area (Å²) < 4.78 is 7.27. The van der Waals surface area contributed by atoms with Gasteiger partial charge >= 0.3 is 0 Å². The first-order chi connectivity index (χ1) is 14.0. The van der Waals surface area contributed by atoms with Crippen molar-refractivity contribution in [3.8, 4) is 0 Å². The molecule has 0 fully saturated rings. The van der Waals surface area contributed by atoms with E-state index >= 15 is 0 Å². The van der Waals surface area contributed by atoms with Gasteiger partial charge in [-0.3, -0.25) is 4.79 Å². The van der Waals surface area contributed by atoms with Crippen molar-refractivity contribution in [3.63, 3.8) is 0 Å². The topological polar surface area (TPSA) is 69.0 Å². The van der Waals surface area contributed by atoms with Gasteiger partial charge in [0.2, 0.25) is 5.91 Å². The van der Waals surface area contributed by atoms with Gasteiger partial charge in [0.1, 0.15) is 5.82 Å². The predicted octanol–water partition coefficient (Wildman–Crippen LogP) is 3.86. The van der Waals surface area contributed by atoms with Crippen LogP contribution in [0, 0.1) is 13.8 Å². The fraction of sp³-hybridized carbons (Fsp3) is 0.318. The molecule has 6 nitrogen and oxygen atoms in total. The predicted molar refractivity (Wildman–Crippen MR) is 116 cm³/mol. The number of thioether (sulfide) groups is 1. The highest BCUT2D eigenvalue weighted by Crippen LogP contribution is 2.20. The van der Waals surface area contributed by atoms with Crippen molar-refractivity contribution < 1.29 is 9.53 Å². The number of aromatic nitrogens is 3. The zero-order chi connectivity index (χ0) is 20.6. The van der Waals surface area contributed by atoms with E-state index in [1.807, 2.05) is 48.7 Å². The monoisotopic (exact) mass is 410 g/mol. The number of aryl methyl sites for hydroxylation is 2. The van der Waals surface area contributed by atoms with Gasteiger partial charge in [-0.25, -0.2) is 0 Å². The van der Waals surface area contributed by atoms with Crippen LogP contribution in [0.25, 0.3) is 0 Å². The Bertz CT molecular complexity index is 936. The number of rotatable bonds is 9. The zero-order valence-electron chi connectivity index (χ0n) is 17.0. The van der Waals surface area contributed by atoms with Gasteiger partial charge in [0, 0.05) is 25.8 Å². The molecule has 152 valence electrons. The Labute approximate surface area is 175 Å². The second-order valence-electron chi connectivity index (χ2n) is 6.92. The maximum Gasteiger partial charge on any atom is 0.234 e. The van der Waals surface area contributed by atoms with Crippen molar-refractivity contribution in [1.29, 1.82) is 0 Å². The molecule has 0 aliphatic carbocycles. The molecule has 0 spiro atoms. The highest BCUT2D eigenvalue weighted by atomic mass is 32.2. The van der Waals surface area contributed by atoms with Crippen LogP contribution in [0.2, 0.25) is 0 Å². The molecule has 0 saturated heterocycles. The lowest BCUT2D eigenvalue weighted by atomic mass is 10.1. The standard InChI is InChI=1S/C22H26N4O2S/c1-16-11-17(2)13-19(12-16)23-21(27)15-29-22-25-24-20(26(22)9-10-28-3)14-18-7-5-4-6-8-18/h4-8,11-13H,9-10,14-15H2,1-3H3,(H,23,27). The first-order valence-electron chi connectivity index (χ1n) is 9.51. The van der Waals surface area contributed by atoms with Crippen LogP contribution in [0.3, 0.4) is 0 Å². The van der Waals surface area contributed by atoms with Crippen LogP contribution in [-0.2, 0) is 22.5 Å². The van der Waals surface area contributed by atoms with E-state index in [9.17, 15) is 4.79 Å². The minimum absolute atomic E-state index is 0.0640. The van der Waals surface area contributed by atoms with Crippen LogP contribution in [0.5, 0.6) is 0 Å². The SMILES string of the molecule is COCCn1c(Cc2ccccc2)nnc1SCC(=O)Nc1cc(C)cc(C)c1. The molecule has 29 heavy (non-hydrogen) atoms. The third-order valence-electron chi connectivity index (χ3n) is 4.36. The number of carbonyl (C=O) groups excluding carboxylic acids is 1. The molecule has 0 bridgehead atoms. The first-order valence-corrected chi connectivity index (χ1v) is 10.5. The molecule has 3 rings (SSSR count). The maximum atomic E-state index is 12.4. The van der Waals surface area contributed by atoms with E-state index in [1.54, 1.807) is 7.11 Å². The van der Waals surface area contributed by atoms with Crippen molar-refractivity contribution in [2.45, 2.75) is 32.0 Å². The van der Waals surface area contributed by atoms with Crippen LogP contribution in [0.1, 0.15) is 22.5 Å². The second-order valence-corrected chi connectivity index (χ2v) is 7.86. The Morgan fingerprint density at radius 2 is 1.83 bits per heavy atom. The molecule has 1 N–H and O–H groups in total. The molecule has 0 radical (unpaired) electrons. The van der Waals surface area contributed by atoms with Crippen molar-refractivity contribution in [3.05, 3.63) is 71.0 Å². The van der Waals surface area contributed by atoms with Gasteiger partial charge in [0.15, 0.2) is 5.16 Å². The largest absolute Gasteiger partial charge is 0.383 e. The Morgan fingerprint density at radius 3 is 2.52 bits per heavy atom. The van der Waals surface area contributed by atoms with Gasteiger partial charge < -0.3 is 14.6 Å². The van der Waals surface area contributed by atoms with Gasteiger partial charge in [-0.1, -0.05) is 48.2 Å². The molecule has 0 unspecified atom stereocenters. The van der Waals surface area contributed by atoms with Gasteiger partial charge in [-0.05, 0) is 42.7 Å². The van der Waals surface area contributed by atoms with Crippen LogP contribution >= 0.6 is 11.8 Å². The summed E-state index contributed by atoms with van der Waals surface area (Å²) in [5, 5.41) is 12.4. The zero-order valence-corrected chi connectivity index (χ0v) is 17.8. The minimum atomic E-state index is -0.0640. The molecule has 0 saturated carbocycles. The summed E-state index contributed by atoms with van der Waals surface area (Å²) in [5.74, 6) is 1.07. The van der Waals surface area contributed by atoms with Crippen molar-refractivity contribution in [1.82, 2.24) is 14.8 Å². The highest BCUT2D eigenvalue weighted by Gasteiger charge is 2.15. The lowest BCUT2D eigenvalue weighted by Crippen LogP contribution is -2.15. The molecule has 1 amide bonds. The Morgan fingerprint density at radius 1 is 1.10 bits per heavy atom. The van der Waals surface area contributed by atoms with E-state index in [0.717, 1.165) is 27.8 Å². The van der Waals surface area contributed by atoms with Crippen LogP contribution < -0.4 is 5.32 Å². The number of carbonyl (C=O) groups is 1. The molecule has 1 aromatic heterocycles. The summed E-state index contributed by atoms with van der Waals surface area (Å²) in [6, 6.07) is 16.2. The summed E-state index contributed by atoms with van der Waals surface area (Å²) in [4.78, 5) is 12.4. The van der Waals surface area contributed by atoms with Crippen molar-refractivity contribution in [2.75, 3.05) is 24.8 Å². The van der Waals surface area contributed by atoms with E-state index < -0.39 is 0 Å². The summed E-state index contributed by atoms with van der Waals surface area (Å²) in [6.45, 7) is 5.24. The molecule has 2 aromatic carbocycles. The quantitative estimate of drug-likeness (QED) is 0.543. The van der Waals surface area contributed by atoms with Gasteiger partial charge in [0.25, 0.3) is 0 Å². The average molecular weight is 411 g/mol. The number of anilines is 1. The third-order valence-corrected chi connectivity index (χ3v) is 5.32. The molecular formula is C22H26N4O2S. The van der Waals surface area contributed by atoms with E-state index in [0.29, 0.717) is 19.6 Å². The lowest BCUT2D eigenvalue weighted by molar-refractivity contribution is -0.113. The second kappa shape index (κ2) is 10.2. The van der Waals surface area contributed by atoms with Gasteiger partial charge in [-0.2, -0.15) is 0 Å². The number of nitrogens with one attached hydrogen (secondary N) is 1. The van der Waals surface area contributed by atoms with Gasteiger partial charge in [0.05, 0.1) is 12.4 Å². The van der Waals surface area contributed by atoms with Crippen molar-refractivity contribution >= 4 is 23.4 Å². The Balaban J connectivity index is 1.66. The highest BCUT2D eigenvalue weighted by molar-refractivity contribution is 7.99. The number of hydrogen-bond donors (Lipinski definition) is 1. The normalized spacial score (nSPS) is 10.9. The molecule has 7 heteroatoms. The smallest absolute Gasteiger partial charge is 0.234 e. The maximum absolute atomic E-state index is 12.4.